The Labute approximate surface area is 176 Å². The molecule has 1 aliphatic heterocycles. The lowest BCUT2D eigenvalue weighted by molar-refractivity contribution is -0.131. The summed E-state index contributed by atoms with van der Waals surface area (Å²) in [6.07, 6.45) is 2.58. The number of carbonyl (C=O) groups is 2. The molecule has 6 nitrogen and oxygen atoms in total. The maximum absolute atomic E-state index is 12.9. The van der Waals surface area contributed by atoms with E-state index in [2.05, 4.69) is 5.32 Å². The van der Waals surface area contributed by atoms with Crippen LogP contribution in [-0.4, -0.2) is 41.0 Å². The van der Waals surface area contributed by atoms with Crippen molar-refractivity contribution in [3.8, 4) is 5.75 Å². The quantitative estimate of drug-likeness (QED) is 0.674. The summed E-state index contributed by atoms with van der Waals surface area (Å²) in [5.74, 6) is 0.644. The molecule has 0 spiro atoms. The Morgan fingerprint density at radius 2 is 1.93 bits per heavy atom. The van der Waals surface area contributed by atoms with E-state index < -0.39 is 0 Å². The van der Waals surface area contributed by atoms with Crippen LogP contribution < -0.4 is 10.1 Å². The summed E-state index contributed by atoms with van der Waals surface area (Å²) in [6, 6.07) is 15.5. The molecule has 1 atom stereocenters. The predicted molar refractivity (Wildman–Crippen MR) is 118 cm³/mol. The van der Waals surface area contributed by atoms with Gasteiger partial charge in [0.25, 0.3) is 0 Å². The van der Waals surface area contributed by atoms with Crippen molar-refractivity contribution in [3.63, 3.8) is 0 Å². The van der Waals surface area contributed by atoms with Crippen molar-refractivity contribution < 1.29 is 14.3 Å². The van der Waals surface area contributed by atoms with Gasteiger partial charge in [-0.05, 0) is 50.6 Å². The van der Waals surface area contributed by atoms with Gasteiger partial charge in [0, 0.05) is 41.4 Å². The Balaban J connectivity index is 1.50. The Kier molecular flexibility index (Phi) is 5.74. The molecule has 0 saturated carbocycles. The zero-order valence-corrected chi connectivity index (χ0v) is 17.4. The first kappa shape index (κ1) is 20.0. The maximum atomic E-state index is 12.9. The Hall–Kier alpha value is -3.28. The number of likely N-dealkylation sites (N-methyl/N-ethyl adjacent to an activating group) is 1. The molecule has 0 radical (unpaired) electrons. The molecule has 2 aromatic carbocycles. The molecule has 1 aromatic heterocycles. The van der Waals surface area contributed by atoms with Crippen LogP contribution in [0.5, 0.6) is 5.75 Å². The summed E-state index contributed by atoms with van der Waals surface area (Å²) in [4.78, 5) is 27.2. The highest BCUT2D eigenvalue weighted by molar-refractivity contribution is 5.98. The number of rotatable bonds is 6. The minimum absolute atomic E-state index is 0.0266. The molecule has 3 aromatic rings. The molecule has 156 valence electrons. The summed E-state index contributed by atoms with van der Waals surface area (Å²) < 4.78 is 7.62. The molecule has 0 bridgehead atoms. The molecule has 2 amide bonds. The van der Waals surface area contributed by atoms with E-state index in [1.165, 1.54) is 0 Å². The standard InChI is InChI=1S/C24H27N3O3/c1-3-26(4-2)23(28)16-27-13-11-17-15-18(9-10-21(17)27)25-24(29)20-12-14-30-22-8-6-5-7-19(20)22/h5-11,13,15,20H,3-4,12,14,16H2,1-2H3,(H,25,29). The smallest absolute Gasteiger partial charge is 0.242 e. The average molecular weight is 405 g/mol. The van der Waals surface area contributed by atoms with E-state index in [9.17, 15) is 9.59 Å². The molecule has 1 unspecified atom stereocenters. The van der Waals surface area contributed by atoms with Crippen LogP contribution in [0, 0.1) is 0 Å². The SMILES string of the molecule is CCN(CC)C(=O)Cn1ccc2cc(NC(=O)C3CCOc4ccccc43)ccc21. The van der Waals surface area contributed by atoms with Gasteiger partial charge in [-0.15, -0.1) is 0 Å². The van der Waals surface area contributed by atoms with Crippen molar-refractivity contribution in [2.24, 2.45) is 0 Å². The average Bonchev–Trinajstić information content (AvgIpc) is 3.16. The molecule has 0 fully saturated rings. The number of nitrogens with one attached hydrogen (secondary N) is 1. The number of nitrogens with zero attached hydrogens (tertiary/aromatic N) is 2. The third-order valence-corrected chi connectivity index (χ3v) is 5.74. The van der Waals surface area contributed by atoms with Crippen LogP contribution >= 0.6 is 0 Å². The van der Waals surface area contributed by atoms with Crippen LogP contribution in [0.3, 0.4) is 0 Å². The highest BCUT2D eigenvalue weighted by Crippen LogP contribution is 2.34. The number of fused-ring (bicyclic) bond motifs is 2. The highest BCUT2D eigenvalue weighted by atomic mass is 16.5. The number of amides is 2. The molecule has 30 heavy (non-hydrogen) atoms. The van der Waals surface area contributed by atoms with Crippen LogP contribution in [0.2, 0.25) is 0 Å². The first-order valence-electron chi connectivity index (χ1n) is 10.5. The van der Waals surface area contributed by atoms with E-state index in [-0.39, 0.29) is 17.7 Å². The minimum atomic E-state index is -0.220. The summed E-state index contributed by atoms with van der Waals surface area (Å²) in [5, 5.41) is 4.05. The zero-order chi connectivity index (χ0) is 21.1. The Morgan fingerprint density at radius 1 is 1.13 bits per heavy atom. The van der Waals surface area contributed by atoms with Crippen LogP contribution in [0.25, 0.3) is 10.9 Å². The van der Waals surface area contributed by atoms with E-state index in [0.717, 1.165) is 27.9 Å². The van der Waals surface area contributed by atoms with Crippen molar-refractivity contribution in [2.75, 3.05) is 25.0 Å². The second-order valence-corrected chi connectivity index (χ2v) is 7.50. The van der Waals surface area contributed by atoms with Crippen molar-refractivity contribution in [2.45, 2.75) is 32.7 Å². The van der Waals surface area contributed by atoms with Gasteiger partial charge >= 0.3 is 0 Å². The number of benzene rings is 2. The molecule has 2 heterocycles. The topological polar surface area (TPSA) is 63.6 Å². The summed E-state index contributed by atoms with van der Waals surface area (Å²) in [7, 11) is 0. The van der Waals surface area contributed by atoms with Gasteiger partial charge in [0.15, 0.2) is 0 Å². The maximum Gasteiger partial charge on any atom is 0.242 e. The Morgan fingerprint density at radius 3 is 2.73 bits per heavy atom. The van der Waals surface area contributed by atoms with Crippen LogP contribution in [0.4, 0.5) is 5.69 Å². The number of para-hydroxylation sites is 1. The van der Waals surface area contributed by atoms with Gasteiger partial charge < -0.3 is 19.5 Å². The zero-order valence-electron chi connectivity index (χ0n) is 17.4. The van der Waals surface area contributed by atoms with Gasteiger partial charge in [0.2, 0.25) is 11.8 Å². The van der Waals surface area contributed by atoms with E-state index in [1.807, 2.05) is 78.0 Å². The van der Waals surface area contributed by atoms with Gasteiger partial charge in [0.05, 0.1) is 12.5 Å². The van der Waals surface area contributed by atoms with Crippen molar-refractivity contribution in [3.05, 3.63) is 60.3 Å². The number of anilines is 1. The van der Waals surface area contributed by atoms with Crippen molar-refractivity contribution in [1.82, 2.24) is 9.47 Å². The number of hydrogen-bond donors (Lipinski definition) is 1. The lowest BCUT2D eigenvalue weighted by Crippen LogP contribution is -2.33. The van der Waals surface area contributed by atoms with Crippen LogP contribution in [-0.2, 0) is 16.1 Å². The summed E-state index contributed by atoms with van der Waals surface area (Å²) in [6.45, 7) is 6.25. The molecule has 4 rings (SSSR count). The van der Waals surface area contributed by atoms with E-state index in [0.29, 0.717) is 32.7 Å². The molecular formula is C24H27N3O3. The molecule has 0 saturated heterocycles. The van der Waals surface area contributed by atoms with E-state index >= 15 is 0 Å². The fourth-order valence-electron chi connectivity index (χ4n) is 4.08. The first-order chi connectivity index (χ1) is 14.6. The fraction of sp³-hybridized carbons (Fsp3) is 0.333. The predicted octanol–water partition coefficient (Wildman–Crippen LogP) is 4.01. The molecule has 6 heteroatoms. The van der Waals surface area contributed by atoms with Gasteiger partial charge in [-0.2, -0.15) is 0 Å². The number of ether oxygens (including phenoxy) is 1. The lowest BCUT2D eigenvalue weighted by atomic mass is 9.92. The molecule has 1 N–H and O–H groups in total. The lowest BCUT2D eigenvalue weighted by Gasteiger charge is -2.25. The highest BCUT2D eigenvalue weighted by Gasteiger charge is 2.27. The normalized spacial score (nSPS) is 15.3. The van der Waals surface area contributed by atoms with Gasteiger partial charge in [-0.25, -0.2) is 0 Å². The third kappa shape index (κ3) is 3.90. The van der Waals surface area contributed by atoms with E-state index in [4.69, 9.17) is 4.74 Å². The third-order valence-electron chi connectivity index (χ3n) is 5.74. The molecule has 1 aliphatic rings. The van der Waals surface area contributed by atoms with Crippen LogP contribution in [0.1, 0.15) is 31.7 Å². The fourth-order valence-corrected chi connectivity index (χ4v) is 4.08. The molecule has 0 aliphatic carbocycles. The number of aromatic nitrogens is 1. The molecular weight excluding hydrogens is 378 g/mol. The minimum Gasteiger partial charge on any atom is -0.493 e. The van der Waals surface area contributed by atoms with Gasteiger partial charge in [-0.1, -0.05) is 18.2 Å². The van der Waals surface area contributed by atoms with Crippen LogP contribution in [0.15, 0.2) is 54.7 Å². The number of hydrogen-bond acceptors (Lipinski definition) is 3. The largest absolute Gasteiger partial charge is 0.493 e. The summed E-state index contributed by atoms with van der Waals surface area (Å²) in [5.41, 5.74) is 2.66. The second-order valence-electron chi connectivity index (χ2n) is 7.50. The van der Waals surface area contributed by atoms with Gasteiger partial charge in [-0.3, -0.25) is 9.59 Å². The first-order valence-corrected chi connectivity index (χ1v) is 10.5. The Bertz CT molecular complexity index is 1070. The monoisotopic (exact) mass is 405 g/mol. The van der Waals surface area contributed by atoms with E-state index in [1.54, 1.807) is 0 Å². The second kappa shape index (κ2) is 8.61. The van der Waals surface area contributed by atoms with Crippen molar-refractivity contribution in [1.29, 1.82) is 0 Å². The van der Waals surface area contributed by atoms with Gasteiger partial charge in [0.1, 0.15) is 12.3 Å². The van der Waals surface area contributed by atoms with Crippen molar-refractivity contribution >= 4 is 28.4 Å². The number of carbonyl (C=O) groups excluding carboxylic acids is 2. The summed E-state index contributed by atoms with van der Waals surface area (Å²) >= 11 is 0.